The number of hydrogen-bond donors (Lipinski definition) is 2. The molecule has 0 saturated heterocycles. The predicted molar refractivity (Wildman–Crippen MR) is 88.2 cm³/mol. The normalized spacial score (nSPS) is 11.0. The minimum Gasteiger partial charge on any atom is -0.347 e. The summed E-state index contributed by atoms with van der Waals surface area (Å²) in [5, 5.41) is 4.04. The van der Waals surface area contributed by atoms with Crippen molar-refractivity contribution in [3.63, 3.8) is 0 Å². The second kappa shape index (κ2) is 8.02. The third-order valence-corrected chi connectivity index (χ3v) is 3.61. The fourth-order valence-corrected chi connectivity index (χ4v) is 2.28. The van der Waals surface area contributed by atoms with Gasteiger partial charge < -0.3 is 10.6 Å². The van der Waals surface area contributed by atoms with E-state index in [0.717, 1.165) is 11.6 Å². The Morgan fingerprint density at radius 1 is 1.00 bits per heavy atom. The number of rotatable bonds is 4. The summed E-state index contributed by atoms with van der Waals surface area (Å²) in [6.45, 7) is 0.227. The van der Waals surface area contributed by atoms with Crippen LogP contribution in [0.15, 0.2) is 48.5 Å². The maximum absolute atomic E-state index is 12.8. The zero-order valence-electron chi connectivity index (χ0n) is 12.9. The highest BCUT2D eigenvalue weighted by molar-refractivity contribution is 6.39. The summed E-state index contributed by atoms with van der Waals surface area (Å²) in [5.41, 5.74) is -0.271. The van der Waals surface area contributed by atoms with Crippen LogP contribution in [0.25, 0.3) is 0 Å². The highest BCUT2D eigenvalue weighted by Crippen LogP contribution is 2.36. The van der Waals surface area contributed by atoms with E-state index in [1.807, 2.05) is 30.3 Å². The lowest BCUT2D eigenvalue weighted by molar-refractivity contribution is -0.137. The van der Waals surface area contributed by atoms with E-state index in [0.29, 0.717) is 12.5 Å². The van der Waals surface area contributed by atoms with E-state index in [-0.39, 0.29) is 12.2 Å². The van der Waals surface area contributed by atoms with Gasteiger partial charge in [0.15, 0.2) is 0 Å². The molecule has 0 unspecified atom stereocenters. The predicted octanol–water partition coefficient (Wildman–Crippen LogP) is 3.66. The summed E-state index contributed by atoms with van der Waals surface area (Å²) in [6.07, 6.45) is -4.13. The van der Waals surface area contributed by atoms with Gasteiger partial charge in [-0.1, -0.05) is 41.9 Å². The molecule has 0 aliphatic rings. The monoisotopic (exact) mass is 370 g/mol. The van der Waals surface area contributed by atoms with Gasteiger partial charge in [-0.3, -0.25) is 9.59 Å². The molecule has 0 heterocycles. The number of benzene rings is 2. The van der Waals surface area contributed by atoms with E-state index >= 15 is 0 Å². The highest BCUT2D eigenvalue weighted by atomic mass is 35.5. The van der Waals surface area contributed by atoms with Gasteiger partial charge in [0, 0.05) is 12.2 Å². The zero-order valence-corrected chi connectivity index (χ0v) is 13.6. The first kappa shape index (κ1) is 18.8. The Bertz CT molecular complexity index is 764. The molecular weight excluding hydrogens is 357 g/mol. The van der Waals surface area contributed by atoms with E-state index in [2.05, 4.69) is 10.6 Å². The smallest absolute Gasteiger partial charge is 0.347 e. The summed E-state index contributed by atoms with van der Waals surface area (Å²) < 4.78 is 38.3. The van der Waals surface area contributed by atoms with Crippen molar-refractivity contribution in [1.29, 1.82) is 0 Å². The molecule has 25 heavy (non-hydrogen) atoms. The zero-order chi connectivity index (χ0) is 18.4. The molecule has 2 amide bonds. The van der Waals surface area contributed by atoms with Crippen LogP contribution in [0.3, 0.4) is 0 Å². The van der Waals surface area contributed by atoms with Crippen molar-refractivity contribution >= 4 is 29.1 Å². The summed E-state index contributed by atoms with van der Waals surface area (Å²) in [7, 11) is 0. The van der Waals surface area contributed by atoms with Gasteiger partial charge in [0.05, 0.1) is 10.6 Å². The van der Waals surface area contributed by atoms with Gasteiger partial charge >= 0.3 is 18.0 Å². The third-order valence-electron chi connectivity index (χ3n) is 3.28. The highest BCUT2D eigenvalue weighted by Gasteiger charge is 2.33. The number of hydrogen-bond acceptors (Lipinski definition) is 2. The maximum atomic E-state index is 12.8. The van der Waals surface area contributed by atoms with Gasteiger partial charge in [-0.15, -0.1) is 0 Å². The van der Waals surface area contributed by atoms with Crippen LogP contribution in [0, 0.1) is 0 Å². The minimum absolute atomic E-state index is 0.167. The quantitative estimate of drug-likeness (QED) is 0.807. The first-order chi connectivity index (χ1) is 11.8. The fourth-order valence-electron chi connectivity index (χ4n) is 2.05. The lowest BCUT2D eigenvalue weighted by atomic mass is 10.1. The second-order valence-electron chi connectivity index (χ2n) is 5.14. The van der Waals surface area contributed by atoms with Crippen LogP contribution in [-0.2, 0) is 22.2 Å². The van der Waals surface area contributed by atoms with Gasteiger partial charge in [0.25, 0.3) is 0 Å². The van der Waals surface area contributed by atoms with Crippen molar-refractivity contribution in [3.8, 4) is 0 Å². The van der Waals surface area contributed by atoms with Gasteiger partial charge in [-0.05, 0) is 30.2 Å². The van der Waals surface area contributed by atoms with Crippen LogP contribution in [0.1, 0.15) is 11.1 Å². The number of carbonyl (C=O) groups excluding carboxylic acids is 2. The average molecular weight is 371 g/mol. The number of alkyl halides is 3. The molecule has 0 saturated carbocycles. The first-order valence-corrected chi connectivity index (χ1v) is 7.65. The molecule has 2 aromatic carbocycles. The van der Waals surface area contributed by atoms with Crippen LogP contribution < -0.4 is 10.6 Å². The van der Waals surface area contributed by atoms with Gasteiger partial charge in [-0.2, -0.15) is 13.2 Å². The van der Waals surface area contributed by atoms with E-state index in [4.69, 9.17) is 11.6 Å². The molecule has 2 rings (SSSR count). The van der Waals surface area contributed by atoms with Crippen LogP contribution in [-0.4, -0.2) is 18.4 Å². The lowest BCUT2D eigenvalue weighted by Gasteiger charge is -2.11. The molecule has 0 aromatic heterocycles. The molecule has 0 spiro atoms. The van der Waals surface area contributed by atoms with E-state index in [9.17, 15) is 22.8 Å². The Morgan fingerprint density at radius 2 is 1.68 bits per heavy atom. The molecular formula is C17H14ClF3N2O2. The third kappa shape index (κ3) is 5.49. The Morgan fingerprint density at radius 3 is 2.32 bits per heavy atom. The van der Waals surface area contributed by atoms with Crippen LogP contribution >= 0.6 is 11.6 Å². The van der Waals surface area contributed by atoms with Crippen LogP contribution in [0.4, 0.5) is 18.9 Å². The molecule has 0 bridgehead atoms. The number of nitrogens with one attached hydrogen (secondary N) is 2. The second-order valence-corrected chi connectivity index (χ2v) is 5.55. The maximum Gasteiger partial charge on any atom is 0.417 e. The molecule has 0 aliphatic carbocycles. The van der Waals surface area contributed by atoms with Crippen molar-refractivity contribution in [1.82, 2.24) is 5.32 Å². The molecule has 2 N–H and O–H groups in total. The SMILES string of the molecule is O=C(NCCc1ccccc1)C(=O)Nc1ccc(Cl)c(C(F)(F)F)c1. The Balaban J connectivity index is 1.92. The number of amides is 2. The average Bonchev–Trinajstić information content (AvgIpc) is 2.56. The van der Waals surface area contributed by atoms with Crippen molar-refractivity contribution in [2.45, 2.75) is 12.6 Å². The standard InChI is InChI=1S/C17H14ClF3N2O2/c18-14-7-6-12(10-13(14)17(19,20)21)23-16(25)15(24)22-9-8-11-4-2-1-3-5-11/h1-7,10H,8-9H2,(H,22,24)(H,23,25). The Labute approximate surface area is 147 Å². The van der Waals surface area contributed by atoms with E-state index in [1.165, 1.54) is 6.07 Å². The number of anilines is 1. The van der Waals surface area contributed by atoms with Gasteiger partial charge in [0.2, 0.25) is 0 Å². The Kier molecular flexibility index (Phi) is 6.03. The molecule has 8 heteroatoms. The van der Waals surface area contributed by atoms with Crippen LogP contribution in [0.2, 0.25) is 5.02 Å². The fraction of sp³-hybridized carbons (Fsp3) is 0.176. The van der Waals surface area contributed by atoms with Crippen molar-refractivity contribution < 1.29 is 22.8 Å². The number of carbonyl (C=O) groups is 2. The molecule has 2 aromatic rings. The summed E-state index contributed by atoms with van der Waals surface area (Å²) in [6, 6.07) is 12.2. The lowest BCUT2D eigenvalue weighted by Crippen LogP contribution is -2.36. The van der Waals surface area contributed by atoms with E-state index in [1.54, 1.807) is 0 Å². The Hall–Kier alpha value is -2.54. The topological polar surface area (TPSA) is 58.2 Å². The van der Waals surface area contributed by atoms with Crippen molar-refractivity contribution in [3.05, 3.63) is 64.7 Å². The summed E-state index contributed by atoms with van der Waals surface area (Å²) >= 11 is 5.49. The summed E-state index contributed by atoms with van der Waals surface area (Å²) in [5.74, 6) is -1.98. The van der Waals surface area contributed by atoms with E-state index < -0.39 is 28.6 Å². The van der Waals surface area contributed by atoms with Crippen molar-refractivity contribution in [2.75, 3.05) is 11.9 Å². The molecule has 4 nitrogen and oxygen atoms in total. The largest absolute Gasteiger partial charge is 0.417 e. The number of halogens is 4. The molecule has 0 aliphatic heterocycles. The molecule has 0 atom stereocenters. The first-order valence-electron chi connectivity index (χ1n) is 7.27. The molecule has 132 valence electrons. The minimum atomic E-state index is -4.66. The summed E-state index contributed by atoms with van der Waals surface area (Å²) in [4.78, 5) is 23.5. The van der Waals surface area contributed by atoms with Gasteiger partial charge in [-0.25, -0.2) is 0 Å². The molecule has 0 radical (unpaired) electrons. The molecule has 0 fully saturated rings. The van der Waals surface area contributed by atoms with Crippen molar-refractivity contribution in [2.24, 2.45) is 0 Å². The van der Waals surface area contributed by atoms with Crippen LogP contribution in [0.5, 0.6) is 0 Å². The van der Waals surface area contributed by atoms with Gasteiger partial charge in [0.1, 0.15) is 0 Å².